The van der Waals surface area contributed by atoms with Crippen molar-refractivity contribution in [2.24, 2.45) is 17.2 Å². The standard InChI is InChI=1S/C17H30N6O8S/c1-7(24)13(17(30)31)23-16(29)10(6-12(20)26)22-15(28)9(3-4-32-2)21-14(27)8(18)5-11(19)25/h7-10,13,24H,3-6,18H2,1-2H3,(H2,19,25)(H2,20,26)(H,21,27)(H,22,28)(H,23,29)(H,30,31). The topological polar surface area (TPSA) is 257 Å². The largest absolute Gasteiger partial charge is 0.480 e. The van der Waals surface area contributed by atoms with E-state index < -0.39 is 78.6 Å². The molecule has 0 saturated heterocycles. The molecule has 0 fully saturated rings. The van der Waals surface area contributed by atoms with Crippen LogP contribution in [0.15, 0.2) is 0 Å². The average molecular weight is 479 g/mol. The molecule has 5 unspecified atom stereocenters. The van der Waals surface area contributed by atoms with Crippen molar-refractivity contribution in [3.05, 3.63) is 0 Å². The van der Waals surface area contributed by atoms with E-state index in [1.54, 1.807) is 6.26 Å². The maximum absolute atomic E-state index is 12.7. The molecular weight excluding hydrogens is 448 g/mol. The average Bonchev–Trinajstić information content (AvgIpc) is 2.66. The van der Waals surface area contributed by atoms with Crippen LogP contribution in [0.4, 0.5) is 0 Å². The van der Waals surface area contributed by atoms with Crippen molar-refractivity contribution in [3.8, 4) is 0 Å². The van der Waals surface area contributed by atoms with E-state index in [1.807, 2.05) is 5.32 Å². The molecule has 0 heterocycles. The lowest BCUT2D eigenvalue weighted by atomic mass is 10.1. The number of hydrogen-bond acceptors (Lipinski definition) is 9. The van der Waals surface area contributed by atoms with E-state index in [9.17, 15) is 33.9 Å². The van der Waals surface area contributed by atoms with Crippen molar-refractivity contribution in [3.63, 3.8) is 0 Å². The number of carbonyl (C=O) groups is 6. The molecule has 11 N–H and O–H groups in total. The molecule has 0 aromatic rings. The number of nitrogens with one attached hydrogen (secondary N) is 3. The highest BCUT2D eigenvalue weighted by Gasteiger charge is 2.32. The van der Waals surface area contributed by atoms with Gasteiger partial charge < -0.3 is 43.4 Å². The lowest BCUT2D eigenvalue weighted by molar-refractivity contribution is -0.145. The van der Waals surface area contributed by atoms with Crippen LogP contribution in [-0.2, 0) is 28.8 Å². The first-order valence-electron chi connectivity index (χ1n) is 9.43. The third-order valence-corrected chi connectivity index (χ3v) is 4.73. The number of rotatable bonds is 15. The number of aliphatic hydroxyl groups excluding tert-OH is 1. The predicted octanol–water partition coefficient (Wildman–Crippen LogP) is -4.26. The summed E-state index contributed by atoms with van der Waals surface area (Å²) in [7, 11) is 0. The van der Waals surface area contributed by atoms with Gasteiger partial charge in [-0.15, -0.1) is 0 Å². The lowest BCUT2D eigenvalue weighted by Crippen LogP contribution is -2.59. The Bertz CT molecular complexity index is 719. The highest BCUT2D eigenvalue weighted by Crippen LogP contribution is 2.05. The van der Waals surface area contributed by atoms with Crippen molar-refractivity contribution in [2.45, 2.75) is 56.5 Å². The Hall–Kier alpha value is -2.91. The summed E-state index contributed by atoms with van der Waals surface area (Å²) in [4.78, 5) is 70.8. The quantitative estimate of drug-likeness (QED) is 0.112. The van der Waals surface area contributed by atoms with Crippen LogP contribution in [0.2, 0.25) is 0 Å². The predicted molar refractivity (Wildman–Crippen MR) is 114 cm³/mol. The van der Waals surface area contributed by atoms with Gasteiger partial charge in [0, 0.05) is 0 Å². The molecule has 0 aliphatic rings. The van der Waals surface area contributed by atoms with Crippen LogP contribution in [-0.4, -0.2) is 88.0 Å². The SMILES string of the molecule is CSCCC(NC(=O)C(N)CC(N)=O)C(=O)NC(CC(N)=O)C(=O)NC(C(=O)O)C(C)O. The molecule has 0 aliphatic carbocycles. The molecule has 15 heteroatoms. The van der Waals surface area contributed by atoms with Gasteiger partial charge in [0.1, 0.15) is 12.1 Å². The van der Waals surface area contributed by atoms with Crippen LogP contribution >= 0.6 is 11.8 Å². The van der Waals surface area contributed by atoms with Crippen LogP contribution < -0.4 is 33.2 Å². The minimum atomic E-state index is -1.70. The van der Waals surface area contributed by atoms with Gasteiger partial charge in [-0.3, -0.25) is 24.0 Å². The van der Waals surface area contributed by atoms with Gasteiger partial charge in [-0.2, -0.15) is 11.8 Å². The van der Waals surface area contributed by atoms with E-state index >= 15 is 0 Å². The number of nitrogens with two attached hydrogens (primary N) is 3. The molecule has 5 amide bonds. The normalized spacial score (nSPS) is 15.4. The zero-order chi connectivity index (χ0) is 25.0. The maximum atomic E-state index is 12.7. The first-order chi connectivity index (χ1) is 14.8. The lowest BCUT2D eigenvalue weighted by Gasteiger charge is -2.25. The van der Waals surface area contributed by atoms with Gasteiger partial charge in [0.15, 0.2) is 6.04 Å². The first-order valence-corrected chi connectivity index (χ1v) is 10.8. The molecule has 0 radical (unpaired) electrons. The van der Waals surface area contributed by atoms with Crippen LogP contribution in [0.3, 0.4) is 0 Å². The van der Waals surface area contributed by atoms with E-state index in [2.05, 4.69) is 10.6 Å². The smallest absolute Gasteiger partial charge is 0.328 e. The van der Waals surface area contributed by atoms with Gasteiger partial charge in [0.05, 0.1) is 25.0 Å². The Morgan fingerprint density at radius 1 is 0.875 bits per heavy atom. The van der Waals surface area contributed by atoms with Gasteiger partial charge in [-0.1, -0.05) is 0 Å². The van der Waals surface area contributed by atoms with E-state index in [-0.39, 0.29) is 6.42 Å². The number of aliphatic hydroxyl groups is 1. The molecule has 0 aromatic carbocycles. The Morgan fingerprint density at radius 2 is 1.38 bits per heavy atom. The zero-order valence-corrected chi connectivity index (χ0v) is 18.5. The number of carbonyl (C=O) groups excluding carboxylic acids is 5. The number of thioether (sulfide) groups is 1. The van der Waals surface area contributed by atoms with Crippen molar-refractivity contribution in [1.82, 2.24) is 16.0 Å². The van der Waals surface area contributed by atoms with Crippen LogP contribution in [0.1, 0.15) is 26.2 Å². The molecule has 0 aromatic heterocycles. The van der Waals surface area contributed by atoms with Gasteiger partial charge in [-0.25, -0.2) is 4.79 Å². The molecule has 5 atom stereocenters. The third-order valence-electron chi connectivity index (χ3n) is 4.09. The number of hydrogen-bond donors (Lipinski definition) is 8. The van der Waals surface area contributed by atoms with Crippen molar-refractivity contribution >= 4 is 47.3 Å². The fourth-order valence-corrected chi connectivity index (χ4v) is 2.89. The highest BCUT2D eigenvalue weighted by molar-refractivity contribution is 7.98. The number of aliphatic carboxylic acids is 1. The molecular formula is C17H30N6O8S. The second-order valence-corrected chi connectivity index (χ2v) is 7.90. The summed E-state index contributed by atoms with van der Waals surface area (Å²) in [6, 6.07) is -5.77. The third kappa shape index (κ3) is 10.9. The van der Waals surface area contributed by atoms with Crippen LogP contribution in [0, 0.1) is 0 Å². The van der Waals surface area contributed by atoms with Crippen LogP contribution in [0.25, 0.3) is 0 Å². The maximum Gasteiger partial charge on any atom is 0.328 e. The fraction of sp³-hybridized carbons (Fsp3) is 0.647. The Morgan fingerprint density at radius 3 is 1.81 bits per heavy atom. The second kappa shape index (κ2) is 14.2. The zero-order valence-electron chi connectivity index (χ0n) is 17.7. The molecule has 32 heavy (non-hydrogen) atoms. The highest BCUT2D eigenvalue weighted by atomic mass is 32.2. The number of amides is 5. The Kier molecular flexibility index (Phi) is 12.9. The molecule has 0 rings (SSSR count). The van der Waals surface area contributed by atoms with Gasteiger partial charge in [0.25, 0.3) is 0 Å². The van der Waals surface area contributed by atoms with Gasteiger partial charge in [-0.05, 0) is 25.4 Å². The molecule has 0 bridgehead atoms. The summed E-state index contributed by atoms with van der Waals surface area (Å²) in [5, 5.41) is 25.2. The Labute approximate surface area is 188 Å². The molecule has 0 spiro atoms. The van der Waals surface area contributed by atoms with Crippen molar-refractivity contribution in [2.75, 3.05) is 12.0 Å². The number of carboxylic acid groups (broad SMARTS) is 1. The van der Waals surface area contributed by atoms with Crippen molar-refractivity contribution in [1.29, 1.82) is 0 Å². The first kappa shape index (κ1) is 29.1. The minimum absolute atomic E-state index is 0.109. The monoisotopic (exact) mass is 478 g/mol. The summed E-state index contributed by atoms with van der Waals surface area (Å²) in [6.45, 7) is 1.13. The Balaban J connectivity index is 5.48. The van der Waals surface area contributed by atoms with Crippen molar-refractivity contribution < 1.29 is 39.0 Å². The van der Waals surface area contributed by atoms with Gasteiger partial charge in [0.2, 0.25) is 29.5 Å². The molecule has 0 saturated carbocycles. The number of carboxylic acids is 1. The van der Waals surface area contributed by atoms with E-state index in [0.717, 1.165) is 6.92 Å². The van der Waals surface area contributed by atoms with E-state index in [0.29, 0.717) is 5.75 Å². The number of primary amides is 2. The second-order valence-electron chi connectivity index (χ2n) is 6.92. The minimum Gasteiger partial charge on any atom is -0.480 e. The summed E-state index contributed by atoms with van der Waals surface area (Å²) in [5.74, 6) is -5.69. The molecule has 14 nitrogen and oxygen atoms in total. The fourth-order valence-electron chi connectivity index (χ4n) is 2.42. The molecule has 182 valence electrons. The summed E-state index contributed by atoms with van der Waals surface area (Å²) in [5.41, 5.74) is 15.7. The summed E-state index contributed by atoms with van der Waals surface area (Å²) >= 11 is 1.36. The van der Waals surface area contributed by atoms with E-state index in [1.165, 1.54) is 11.8 Å². The van der Waals surface area contributed by atoms with Crippen LogP contribution in [0.5, 0.6) is 0 Å². The summed E-state index contributed by atoms with van der Waals surface area (Å²) < 4.78 is 0. The summed E-state index contributed by atoms with van der Waals surface area (Å²) in [6.07, 6.45) is -0.736. The van der Waals surface area contributed by atoms with E-state index in [4.69, 9.17) is 22.3 Å². The molecule has 0 aliphatic heterocycles. The van der Waals surface area contributed by atoms with Gasteiger partial charge >= 0.3 is 5.97 Å².